The van der Waals surface area contributed by atoms with Crippen LogP contribution in [0.25, 0.3) is 5.65 Å². The lowest BCUT2D eigenvalue weighted by Gasteiger charge is -2.25. The molecule has 0 atom stereocenters. The molecule has 172 valence electrons. The van der Waals surface area contributed by atoms with Gasteiger partial charge in [-0.2, -0.15) is 18.2 Å². The molecule has 3 N–H and O–H groups in total. The number of nitrogens with zero attached hydrogens (tertiary/aromatic N) is 5. The number of pyridine rings is 1. The second kappa shape index (κ2) is 9.27. The first-order chi connectivity index (χ1) is 15.4. The number of nitrogens with two attached hydrogens (primary N) is 1. The van der Waals surface area contributed by atoms with Crippen LogP contribution in [0.5, 0.6) is 6.01 Å². The average molecular weight is 449 g/mol. The fourth-order valence-corrected chi connectivity index (χ4v) is 3.89. The van der Waals surface area contributed by atoms with Crippen LogP contribution in [0.15, 0.2) is 18.5 Å². The molecule has 0 spiro atoms. The number of halogens is 3. The third-order valence-corrected chi connectivity index (χ3v) is 5.56. The summed E-state index contributed by atoms with van der Waals surface area (Å²) in [5.41, 5.74) is 6.74. The van der Waals surface area contributed by atoms with Crippen molar-refractivity contribution in [3.8, 4) is 6.01 Å². The van der Waals surface area contributed by atoms with Crippen molar-refractivity contribution in [3.05, 3.63) is 41.0 Å². The zero-order chi connectivity index (χ0) is 22.7. The Morgan fingerprint density at radius 3 is 2.72 bits per heavy atom. The van der Waals surface area contributed by atoms with E-state index in [1.54, 1.807) is 0 Å². The Balaban J connectivity index is 1.64. The van der Waals surface area contributed by atoms with E-state index in [1.165, 1.54) is 23.0 Å². The molecule has 0 amide bonds. The van der Waals surface area contributed by atoms with Crippen LogP contribution in [0.4, 0.5) is 19.0 Å². The molecular weight excluding hydrogens is 423 g/mol. The number of piperidine rings is 1. The number of anilines is 1. The second-order valence-electron chi connectivity index (χ2n) is 7.94. The fraction of sp³-hybridized carbons (Fsp3) is 0.524. The molecule has 0 radical (unpaired) electrons. The molecular formula is C21H26F3N7O. The van der Waals surface area contributed by atoms with Crippen molar-refractivity contribution in [2.24, 2.45) is 0 Å². The predicted octanol–water partition coefficient (Wildman–Crippen LogP) is 3.36. The summed E-state index contributed by atoms with van der Waals surface area (Å²) < 4.78 is 48.5. The number of ether oxygens (including phenoxy) is 1. The number of unbranched alkanes of at least 4 members (excludes halogenated alkanes) is 1. The lowest BCUT2D eigenvalue weighted by molar-refractivity contribution is -0.138. The van der Waals surface area contributed by atoms with Crippen LogP contribution in [-0.2, 0) is 12.6 Å². The summed E-state index contributed by atoms with van der Waals surface area (Å²) in [6.45, 7) is 3.87. The van der Waals surface area contributed by atoms with Gasteiger partial charge in [-0.05, 0) is 44.0 Å². The third kappa shape index (κ3) is 4.77. The number of hydrogen-bond donors (Lipinski definition) is 2. The lowest BCUT2D eigenvalue weighted by Crippen LogP contribution is -2.28. The van der Waals surface area contributed by atoms with E-state index in [0.29, 0.717) is 49.4 Å². The van der Waals surface area contributed by atoms with Gasteiger partial charge >= 0.3 is 12.2 Å². The molecule has 1 saturated heterocycles. The third-order valence-electron chi connectivity index (χ3n) is 5.56. The highest BCUT2D eigenvalue weighted by Gasteiger charge is 2.37. The molecule has 3 aromatic rings. The molecule has 0 saturated carbocycles. The van der Waals surface area contributed by atoms with Crippen molar-refractivity contribution in [1.29, 1.82) is 0 Å². The predicted molar refractivity (Wildman–Crippen MR) is 112 cm³/mol. The number of rotatable bonds is 7. The van der Waals surface area contributed by atoms with E-state index in [1.807, 2.05) is 6.92 Å². The van der Waals surface area contributed by atoms with E-state index in [0.717, 1.165) is 12.8 Å². The van der Waals surface area contributed by atoms with Gasteiger partial charge in [-0.25, -0.2) is 9.50 Å². The van der Waals surface area contributed by atoms with Crippen LogP contribution in [0.2, 0.25) is 0 Å². The van der Waals surface area contributed by atoms with E-state index in [-0.39, 0.29) is 29.9 Å². The highest BCUT2D eigenvalue weighted by atomic mass is 19.4. The minimum absolute atomic E-state index is 0.109. The van der Waals surface area contributed by atoms with Crippen LogP contribution in [0.1, 0.15) is 61.0 Å². The van der Waals surface area contributed by atoms with Crippen molar-refractivity contribution in [1.82, 2.24) is 29.9 Å². The molecule has 1 aliphatic rings. The molecule has 0 bridgehead atoms. The molecule has 0 unspecified atom stereocenters. The van der Waals surface area contributed by atoms with E-state index in [4.69, 9.17) is 10.5 Å². The molecule has 1 aliphatic heterocycles. The SMILES string of the molecule is CCCCOc1nc(N)c2ncc(Cc3cnc(C4CCNCC4)c(C(F)(F)F)c3)n2n1. The highest BCUT2D eigenvalue weighted by Crippen LogP contribution is 2.37. The summed E-state index contributed by atoms with van der Waals surface area (Å²) in [6.07, 6.45) is 1.80. The van der Waals surface area contributed by atoms with Crippen molar-refractivity contribution in [2.75, 3.05) is 25.4 Å². The number of imidazole rings is 1. The van der Waals surface area contributed by atoms with Crippen LogP contribution in [-0.4, -0.2) is 44.3 Å². The van der Waals surface area contributed by atoms with E-state index < -0.39 is 11.7 Å². The van der Waals surface area contributed by atoms with Crippen LogP contribution in [0.3, 0.4) is 0 Å². The Morgan fingerprint density at radius 2 is 2.00 bits per heavy atom. The maximum atomic E-state index is 13.8. The number of hydrogen-bond acceptors (Lipinski definition) is 7. The molecule has 3 aromatic heterocycles. The van der Waals surface area contributed by atoms with Crippen molar-refractivity contribution in [3.63, 3.8) is 0 Å². The summed E-state index contributed by atoms with van der Waals surface area (Å²) in [5, 5.41) is 7.49. The molecule has 32 heavy (non-hydrogen) atoms. The Hall–Kier alpha value is -2.95. The monoisotopic (exact) mass is 449 g/mol. The van der Waals surface area contributed by atoms with Crippen molar-refractivity contribution in [2.45, 2.75) is 51.1 Å². The van der Waals surface area contributed by atoms with Gasteiger partial charge in [0.2, 0.25) is 0 Å². The number of aromatic nitrogens is 5. The summed E-state index contributed by atoms with van der Waals surface area (Å²) in [6, 6.07) is 1.30. The standard InChI is InChI=1S/C21H26F3N7O/c1-2-3-8-32-20-29-18(25)19-28-12-15(31(19)30-20)9-13-10-16(21(22,23)24)17(27-11-13)14-4-6-26-7-5-14/h10-12,14,26H,2-9H2,1H3,(H2,25,29,30). The Labute approximate surface area is 183 Å². The fourth-order valence-electron chi connectivity index (χ4n) is 3.89. The van der Waals surface area contributed by atoms with Gasteiger partial charge in [-0.15, -0.1) is 5.10 Å². The molecule has 4 rings (SSSR count). The van der Waals surface area contributed by atoms with Gasteiger partial charge in [-0.3, -0.25) is 4.98 Å². The maximum Gasteiger partial charge on any atom is 0.418 e. The summed E-state index contributed by atoms with van der Waals surface area (Å²) in [7, 11) is 0. The van der Waals surface area contributed by atoms with Gasteiger partial charge in [-0.1, -0.05) is 13.3 Å². The van der Waals surface area contributed by atoms with E-state index >= 15 is 0 Å². The second-order valence-corrected chi connectivity index (χ2v) is 7.94. The smallest absolute Gasteiger partial charge is 0.418 e. The highest BCUT2D eigenvalue weighted by molar-refractivity contribution is 5.59. The number of fused-ring (bicyclic) bond motifs is 1. The maximum absolute atomic E-state index is 13.8. The largest absolute Gasteiger partial charge is 0.462 e. The lowest BCUT2D eigenvalue weighted by atomic mass is 9.90. The minimum Gasteiger partial charge on any atom is -0.462 e. The number of nitrogens with one attached hydrogen (secondary N) is 1. The molecule has 0 aliphatic carbocycles. The van der Waals surface area contributed by atoms with E-state index in [9.17, 15) is 13.2 Å². The van der Waals surface area contributed by atoms with Gasteiger partial charge in [0.1, 0.15) is 0 Å². The first kappa shape index (κ1) is 22.3. The minimum atomic E-state index is -4.48. The number of nitrogen functional groups attached to an aromatic ring is 1. The zero-order valence-electron chi connectivity index (χ0n) is 17.8. The number of alkyl halides is 3. The molecule has 11 heteroatoms. The average Bonchev–Trinajstić information content (AvgIpc) is 3.17. The normalized spacial score (nSPS) is 15.4. The topological polar surface area (TPSA) is 103 Å². The molecule has 1 fully saturated rings. The van der Waals surface area contributed by atoms with Gasteiger partial charge in [0.05, 0.1) is 29.8 Å². The Kier molecular flexibility index (Phi) is 6.45. The Morgan fingerprint density at radius 1 is 1.22 bits per heavy atom. The van der Waals surface area contributed by atoms with Gasteiger partial charge < -0.3 is 15.8 Å². The Bertz CT molecular complexity index is 1080. The molecule has 0 aromatic carbocycles. The van der Waals surface area contributed by atoms with Crippen LogP contribution in [0, 0.1) is 0 Å². The van der Waals surface area contributed by atoms with E-state index in [2.05, 4.69) is 25.4 Å². The van der Waals surface area contributed by atoms with Crippen molar-refractivity contribution >= 4 is 11.5 Å². The summed E-state index contributed by atoms with van der Waals surface area (Å²) >= 11 is 0. The van der Waals surface area contributed by atoms with Gasteiger partial charge in [0.25, 0.3) is 0 Å². The molecule has 4 heterocycles. The first-order valence-corrected chi connectivity index (χ1v) is 10.8. The van der Waals surface area contributed by atoms with Gasteiger partial charge in [0.15, 0.2) is 11.5 Å². The summed E-state index contributed by atoms with van der Waals surface area (Å²) in [5.74, 6) is -0.0544. The van der Waals surface area contributed by atoms with Crippen LogP contribution < -0.4 is 15.8 Å². The zero-order valence-corrected chi connectivity index (χ0v) is 17.8. The summed E-state index contributed by atoms with van der Waals surface area (Å²) in [4.78, 5) is 12.6. The molecule has 8 nitrogen and oxygen atoms in total. The quantitative estimate of drug-likeness (QED) is 0.533. The van der Waals surface area contributed by atoms with Gasteiger partial charge in [0, 0.05) is 18.5 Å². The van der Waals surface area contributed by atoms with Crippen LogP contribution >= 0.6 is 0 Å². The van der Waals surface area contributed by atoms with Crippen molar-refractivity contribution < 1.29 is 17.9 Å². The first-order valence-electron chi connectivity index (χ1n) is 10.8.